The zero-order valence-corrected chi connectivity index (χ0v) is 12.5. The Labute approximate surface area is 122 Å². The van der Waals surface area contributed by atoms with Crippen molar-refractivity contribution < 1.29 is 4.79 Å². The van der Waals surface area contributed by atoms with Crippen molar-refractivity contribution in [3.05, 3.63) is 57.1 Å². The summed E-state index contributed by atoms with van der Waals surface area (Å²) >= 11 is 6.64. The van der Waals surface area contributed by atoms with Gasteiger partial charge in [0, 0.05) is 4.47 Å². The lowest BCUT2D eigenvalue weighted by atomic mass is 10.1. The number of nitrogens with one attached hydrogen (secondary N) is 1. The van der Waals surface area contributed by atoms with E-state index in [0.29, 0.717) is 16.8 Å². The fourth-order valence-electron chi connectivity index (χ4n) is 1.50. The second kappa shape index (κ2) is 6.11. The molecule has 92 valence electrons. The van der Waals surface area contributed by atoms with Crippen LogP contribution >= 0.6 is 31.9 Å². The number of amides is 1. The van der Waals surface area contributed by atoms with Crippen molar-refractivity contribution in [1.29, 1.82) is 0 Å². The van der Waals surface area contributed by atoms with Gasteiger partial charge in [-0.2, -0.15) is 0 Å². The number of hydrogen-bond donors (Lipinski definition) is 1. The molecule has 18 heavy (non-hydrogen) atoms. The molecule has 0 aliphatic heterocycles. The van der Waals surface area contributed by atoms with Crippen LogP contribution in [0.4, 0.5) is 5.82 Å². The average Bonchev–Trinajstić information content (AvgIpc) is 2.28. The van der Waals surface area contributed by atoms with Crippen LogP contribution in [0, 0.1) is 0 Å². The van der Waals surface area contributed by atoms with Gasteiger partial charge in [-0.1, -0.05) is 34.1 Å². The van der Waals surface area contributed by atoms with Crippen LogP contribution in [-0.4, -0.2) is 10.9 Å². The first-order valence-corrected chi connectivity index (χ1v) is 6.89. The molecule has 0 aliphatic carbocycles. The molecule has 1 N–H and O–H groups in total. The highest BCUT2D eigenvalue weighted by atomic mass is 79.9. The van der Waals surface area contributed by atoms with E-state index >= 15 is 0 Å². The van der Waals surface area contributed by atoms with Gasteiger partial charge in [-0.05, 0) is 45.8 Å². The van der Waals surface area contributed by atoms with E-state index in [4.69, 9.17) is 0 Å². The standard InChI is InChI=1S/C13H10Br2N2O/c14-10-4-1-3-9(7-10)8-13(18)17-12-6-2-5-11(15)16-12/h1-7H,8H2,(H,16,17,18). The highest BCUT2D eigenvalue weighted by Crippen LogP contribution is 2.13. The maximum Gasteiger partial charge on any atom is 0.229 e. The Balaban J connectivity index is 2.01. The molecular formula is C13H10Br2N2O. The van der Waals surface area contributed by atoms with E-state index < -0.39 is 0 Å². The lowest BCUT2D eigenvalue weighted by Gasteiger charge is -2.05. The molecule has 5 heteroatoms. The lowest BCUT2D eigenvalue weighted by Crippen LogP contribution is -2.15. The summed E-state index contributed by atoms with van der Waals surface area (Å²) in [5.41, 5.74) is 0.955. The maximum absolute atomic E-state index is 11.8. The molecule has 1 heterocycles. The number of anilines is 1. The van der Waals surface area contributed by atoms with E-state index in [-0.39, 0.29) is 5.91 Å². The van der Waals surface area contributed by atoms with Crippen molar-refractivity contribution in [3.8, 4) is 0 Å². The summed E-state index contributed by atoms with van der Waals surface area (Å²) in [6.45, 7) is 0. The quantitative estimate of drug-likeness (QED) is 0.836. The third-order valence-electron chi connectivity index (χ3n) is 2.24. The molecule has 1 aromatic carbocycles. The topological polar surface area (TPSA) is 42.0 Å². The predicted molar refractivity (Wildman–Crippen MR) is 78.4 cm³/mol. The highest BCUT2D eigenvalue weighted by Gasteiger charge is 2.05. The highest BCUT2D eigenvalue weighted by molar-refractivity contribution is 9.10. The minimum Gasteiger partial charge on any atom is -0.310 e. The number of pyridine rings is 1. The van der Waals surface area contributed by atoms with E-state index in [0.717, 1.165) is 10.0 Å². The molecule has 2 rings (SSSR count). The molecule has 0 unspecified atom stereocenters. The Morgan fingerprint density at radius 2 is 1.94 bits per heavy atom. The molecule has 0 fully saturated rings. The Hall–Kier alpha value is -1.20. The molecule has 0 atom stereocenters. The van der Waals surface area contributed by atoms with Gasteiger partial charge in [0.15, 0.2) is 0 Å². The zero-order valence-electron chi connectivity index (χ0n) is 9.36. The van der Waals surface area contributed by atoms with Gasteiger partial charge in [-0.15, -0.1) is 0 Å². The Kier molecular flexibility index (Phi) is 4.49. The van der Waals surface area contributed by atoms with Crippen LogP contribution in [0.1, 0.15) is 5.56 Å². The Bertz CT molecular complexity index is 523. The molecular weight excluding hydrogens is 360 g/mol. The van der Waals surface area contributed by atoms with Gasteiger partial charge in [-0.25, -0.2) is 4.98 Å². The summed E-state index contributed by atoms with van der Waals surface area (Å²) in [4.78, 5) is 16.0. The van der Waals surface area contributed by atoms with Crippen LogP contribution in [0.3, 0.4) is 0 Å². The number of aromatic nitrogens is 1. The van der Waals surface area contributed by atoms with Crippen molar-refractivity contribution in [2.45, 2.75) is 6.42 Å². The molecule has 1 aromatic heterocycles. The smallest absolute Gasteiger partial charge is 0.229 e. The van der Waals surface area contributed by atoms with Crippen molar-refractivity contribution in [1.82, 2.24) is 4.98 Å². The Morgan fingerprint density at radius 1 is 1.17 bits per heavy atom. The zero-order chi connectivity index (χ0) is 13.0. The van der Waals surface area contributed by atoms with E-state index in [9.17, 15) is 4.79 Å². The molecule has 1 amide bonds. The van der Waals surface area contributed by atoms with Crippen molar-refractivity contribution in [2.75, 3.05) is 5.32 Å². The molecule has 0 bridgehead atoms. The van der Waals surface area contributed by atoms with Crippen molar-refractivity contribution in [2.24, 2.45) is 0 Å². The molecule has 0 spiro atoms. The maximum atomic E-state index is 11.8. The van der Waals surface area contributed by atoms with Gasteiger partial charge in [0.05, 0.1) is 6.42 Å². The summed E-state index contributed by atoms with van der Waals surface area (Å²) < 4.78 is 1.66. The van der Waals surface area contributed by atoms with Gasteiger partial charge in [-0.3, -0.25) is 4.79 Å². The van der Waals surface area contributed by atoms with E-state index in [1.165, 1.54) is 0 Å². The molecule has 0 aliphatic rings. The van der Waals surface area contributed by atoms with Gasteiger partial charge in [0.25, 0.3) is 0 Å². The predicted octanol–water partition coefficient (Wildman–Crippen LogP) is 3.79. The van der Waals surface area contributed by atoms with Crippen LogP contribution < -0.4 is 5.32 Å². The average molecular weight is 370 g/mol. The third kappa shape index (κ3) is 3.92. The number of carbonyl (C=O) groups excluding carboxylic acids is 1. The molecule has 3 nitrogen and oxygen atoms in total. The van der Waals surface area contributed by atoms with Crippen LogP contribution in [-0.2, 0) is 11.2 Å². The van der Waals surface area contributed by atoms with Crippen molar-refractivity contribution in [3.63, 3.8) is 0 Å². The normalized spacial score (nSPS) is 10.1. The number of halogens is 2. The SMILES string of the molecule is O=C(Cc1cccc(Br)c1)Nc1cccc(Br)n1. The summed E-state index contributed by atoms with van der Waals surface area (Å²) in [6, 6.07) is 13.1. The first-order chi connectivity index (χ1) is 8.63. The van der Waals surface area contributed by atoms with E-state index in [1.54, 1.807) is 6.07 Å². The van der Waals surface area contributed by atoms with Crippen LogP contribution in [0.15, 0.2) is 51.5 Å². The third-order valence-corrected chi connectivity index (χ3v) is 3.17. The van der Waals surface area contributed by atoms with E-state index in [2.05, 4.69) is 42.2 Å². The fourth-order valence-corrected chi connectivity index (χ4v) is 2.29. The van der Waals surface area contributed by atoms with Crippen molar-refractivity contribution >= 4 is 43.6 Å². The Morgan fingerprint density at radius 3 is 2.67 bits per heavy atom. The van der Waals surface area contributed by atoms with Crippen LogP contribution in [0.5, 0.6) is 0 Å². The minimum atomic E-state index is -0.0845. The second-order valence-corrected chi connectivity index (χ2v) is 5.43. The number of benzene rings is 1. The number of carbonyl (C=O) groups is 1. The van der Waals surface area contributed by atoms with Crippen LogP contribution in [0.25, 0.3) is 0 Å². The fraction of sp³-hybridized carbons (Fsp3) is 0.0769. The second-order valence-electron chi connectivity index (χ2n) is 3.70. The summed E-state index contributed by atoms with van der Waals surface area (Å²) in [6.07, 6.45) is 0.327. The molecule has 0 saturated heterocycles. The van der Waals surface area contributed by atoms with Gasteiger partial charge in [0.2, 0.25) is 5.91 Å². The summed E-state index contributed by atoms with van der Waals surface area (Å²) in [5.74, 6) is 0.461. The molecule has 0 radical (unpaired) electrons. The molecule has 2 aromatic rings. The van der Waals surface area contributed by atoms with Gasteiger partial charge >= 0.3 is 0 Å². The van der Waals surface area contributed by atoms with Gasteiger partial charge < -0.3 is 5.32 Å². The number of hydrogen-bond acceptors (Lipinski definition) is 2. The lowest BCUT2D eigenvalue weighted by molar-refractivity contribution is -0.115. The summed E-state index contributed by atoms with van der Waals surface area (Å²) in [5, 5.41) is 2.76. The first-order valence-electron chi connectivity index (χ1n) is 5.30. The first kappa shape index (κ1) is 13.2. The van der Waals surface area contributed by atoms with Gasteiger partial charge in [0.1, 0.15) is 10.4 Å². The number of nitrogens with zero attached hydrogens (tertiary/aromatic N) is 1. The summed E-state index contributed by atoms with van der Waals surface area (Å²) in [7, 11) is 0. The minimum absolute atomic E-state index is 0.0845. The number of rotatable bonds is 3. The van der Waals surface area contributed by atoms with Crippen LogP contribution in [0.2, 0.25) is 0 Å². The largest absolute Gasteiger partial charge is 0.310 e. The van der Waals surface area contributed by atoms with E-state index in [1.807, 2.05) is 36.4 Å². The monoisotopic (exact) mass is 368 g/mol. The molecule has 0 saturated carbocycles.